The molecular formula is C14H23IN4O2. The van der Waals surface area contributed by atoms with Crippen molar-refractivity contribution in [2.45, 2.75) is 13.3 Å². The fourth-order valence-corrected chi connectivity index (χ4v) is 1.57. The van der Waals surface area contributed by atoms with Crippen LogP contribution in [-0.2, 0) is 0 Å². The Morgan fingerprint density at radius 3 is 2.67 bits per heavy atom. The number of carbonyl (C=O) groups excluding carboxylic acids is 1. The van der Waals surface area contributed by atoms with Crippen LogP contribution in [0.25, 0.3) is 0 Å². The summed E-state index contributed by atoms with van der Waals surface area (Å²) in [5.41, 5.74) is 0.842. The maximum Gasteiger partial charge on any atom is 0.287 e. The molecule has 0 atom stereocenters. The molecule has 0 aliphatic heterocycles. The molecule has 0 aliphatic carbocycles. The standard InChI is InChI=1S/C14H22N4O2.HI/c1-4-7-17-14(15-3)18-9-5-8-16-13(19)12-11(2)6-10-20-12;/h4,6,10H,1,5,7-9H2,2-3H3,(H,16,19)(H2,15,17,18);1H. The molecular weight excluding hydrogens is 383 g/mol. The van der Waals surface area contributed by atoms with Crippen molar-refractivity contribution in [3.05, 3.63) is 36.3 Å². The number of hydrogen-bond donors (Lipinski definition) is 3. The van der Waals surface area contributed by atoms with Gasteiger partial charge in [-0.25, -0.2) is 0 Å². The predicted octanol–water partition coefficient (Wildman–Crippen LogP) is 1.68. The zero-order valence-electron chi connectivity index (χ0n) is 12.4. The minimum atomic E-state index is -0.179. The van der Waals surface area contributed by atoms with Gasteiger partial charge in [-0.15, -0.1) is 30.6 Å². The summed E-state index contributed by atoms with van der Waals surface area (Å²) in [5, 5.41) is 9.02. The van der Waals surface area contributed by atoms with E-state index in [4.69, 9.17) is 4.42 Å². The molecule has 1 amide bonds. The molecule has 0 saturated heterocycles. The second kappa shape index (κ2) is 11.2. The van der Waals surface area contributed by atoms with Gasteiger partial charge in [0.25, 0.3) is 5.91 Å². The molecule has 6 nitrogen and oxygen atoms in total. The van der Waals surface area contributed by atoms with Gasteiger partial charge in [-0.1, -0.05) is 6.08 Å². The number of guanidine groups is 1. The van der Waals surface area contributed by atoms with E-state index in [1.807, 2.05) is 6.92 Å². The van der Waals surface area contributed by atoms with E-state index in [0.717, 1.165) is 17.9 Å². The van der Waals surface area contributed by atoms with Crippen molar-refractivity contribution in [2.75, 3.05) is 26.7 Å². The van der Waals surface area contributed by atoms with Gasteiger partial charge in [-0.2, -0.15) is 0 Å². The Balaban J connectivity index is 0.00000400. The van der Waals surface area contributed by atoms with E-state index < -0.39 is 0 Å². The highest BCUT2D eigenvalue weighted by molar-refractivity contribution is 14.0. The van der Waals surface area contributed by atoms with Crippen molar-refractivity contribution in [3.8, 4) is 0 Å². The van der Waals surface area contributed by atoms with E-state index in [1.54, 1.807) is 19.2 Å². The van der Waals surface area contributed by atoms with E-state index >= 15 is 0 Å². The first-order chi connectivity index (χ1) is 9.69. The van der Waals surface area contributed by atoms with Gasteiger partial charge in [0, 0.05) is 32.2 Å². The SMILES string of the molecule is C=CCNC(=NC)NCCCNC(=O)c1occc1C.I. The quantitative estimate of drug-likeness (QED) is 0.212. The number of halogens is 1. The number of amides is 1. The molecule has 1 rings (SSSR count). The van der Waals surface area contributed by atoms with Crippen molar-refractivity contribution < 1.29 is 9.21 Å². The van der Waals surface area contributed by atoms with Crippen molar-refractivity contribution in [1.29, 1.82) is 0 Å². The molecule has 0 saturated carbocycles. The lowest BCUT2D eigenvalue weighted by Crippen LogP contribution is -2.38. The summed E-state index contributed by atoms with van der Waals surface area (Å²) in [6.45, 7) is 7.42. The molecule has 3 N–H and O–H groups in total. The molecule has 0 bridgehead atoms. The zero-order chi connectivity index (χ0) is 14.8. The van der Waals surface area contributed by atoms with Crippen molar-refractivity contribution in [1.82, 2.24) is 16.0 Å². The Labute approximate surface area is 142 Å². The summed E-state index contributed by atoms with van der Waals surface area (Å²) in [5.74, 6) is 0.918. The smallest absolute Gasteiger partial charge is 0.287 e. The van der Waals surface area contributed by atoms with Gasteiger partial charge in [0.05, 0.1) is 6.26 Å². The molecule has 0 spiro atoms. The van der Waals surface area contributed by atoms with E-state index in [9.17, 15) is 4.79 Å². The van der Waals surface area contributed by atoms with Gasteiger partial charge in [0.15, 0.2) is 11.7 Å². The van der Waals surface area contributed by atoms with Crippen molar-refractivity contribution >= 4 is 35.8 Å². The Hall–Kier alpha value is -1.51. The lowest BCUT2D eigenvalue weighted by molar-refractivity contribution is 0.0925. The van der Waals surface area contributed by atoms with Crippen LogP contribution < -0.4 is 16.0 Å². The van der Waals surface area contributed by atoms with Crippen LogP contribution in [0, 0.1) is 6.92 Å². The molecule has 7 heteroatoms. The Morgan fingerprint density at radius 2 is 2.10 bits per heavy atom. The van der Waals surface area contributed by atoms with Crippen LogP contribution in [0.15, 0.2) is 34.4 Å². The third-order valence-electron chi connectivity index (χ3n) is 2.64. The molecule has 1 aromatic heterocycles. The Morgan fingerprint density at radius 1 is 1.38 bits per heavy atom. The third-order valence-corrected chi connectivity index (χ3v) is 2.64. The average molecular weight is 406 g/mol. The van der Waals surface area contributed by atoms with E-state index in [-0.39, 0.29) is 29.9 Å². The number of furan rings is 1. The van der Waals surface area contributed by atoms with Crippen LogP contribution in [0.4, 0.5) is 0 Å². The fraction of sp³-hybridized carbons (Fsp3) is 0.429. The molecule has 0 fully saturated rings. The van der Waals surface area contributed by atoms with Gasteiger partial charge < -0.3 is 20.4 Å². The molecule has 0 unspecified atom stereocenters. The maximum atomic E-state index is 11.7. The summed E-state index contributed by atoms with van der Waals surface area (Å²) >= 11 is 0. The second-order valence-corrected chi connectivity index (χ2v) is 4.21. The van der Waals surface area contributed by atoms with Gasteiger partial charge in [-0.3, -0.25) is 9.79 Å². The van der Waals surface area contributed by atoms with Crippen LogP contribution in [0.1, 0.15) is 22.5 Å². The van der Waals surface area contributed by atoms with Gasteiger partial charge in [-0.05, 0) is 19.4 Å². The Bertz CT molecular complexity index is 471. The van der Waals surface area contributed by atoms with Crippen LogP contribution >= 0.6 is 24.0 Å². The highest BCUT2D eigenvalue weighted by Gasteiger charge is 2.11. The monoisotopic (exact) mass is 406 g/mol. The number of rotatable bonds is 7. The molecule has 1 aromatic rings. The highest BCUT2D eigenvalue weighted by Crippen LogP contribution is 2.07. The summed E-state index contributed by atoms with van der Waals surface area (Å²) < 4.78 is 5.12. The van der Waals surface area contributed by atoms with E-state index in [2.05, 4.69) is 27.5 Å². The first kappa shape index (κ1) is 19.5. The molecule has 0 aromatic carbocycles. The van der Waals surface area contributed by atoms with Crippen LogP contribution in [-0.4, -0.2) is 38.5 Å². The molecule has 21 heavy (non-hydrogen) atoms. The highest BCUT2D eigenvalue weighted by atomic mass is 127. The number of nitrogens with zero attached hydrogens (tertiary/aromatic N) is 1. The minimum Gasteiger partial charge on any atom is -0.459 e. The average Bonchev–Trinajstić information content (AvgIpc) is 2.88. The molecule has 0 aliphatic rings. The predicted molar refractivity (Wildman–Crippen MR) is 95.4 cm³/mol. The first-order valence-electron chi connectivity index (χ1n) is 6.56. The lowest BCUT2D eigenvalue weighted by Gasteiger charge is -2.10. The first-order valence-corrected chi connectivity index (χ1v) is 6.56. The number of hydrogen-bond acceptors (Lipinski definition) is 3. The normalized spacial score (nSPS) is 10.5. The van der Waals surface area contributed by atoms with Crippen LogP contribution in [0.2, 0.25) is 0 Å². The van der Waals surface area contributed by atoms with Crippen LogP contribution in [0.5, 0.6) is 0 Å². The fourth-order valence-electron chi connectivity index (χ4n) is 1.57. The van der Waals surface area contributed by atoms with Crippen molar-refractivity contribution in [2.24, 2.45) is 4.99 Å². The summed E-state index contributed by atoms with van der Waals surface area (Å²) in [4.78, 5) is 15.8. The topological polar surface area (TPSA) is 78.7 Å². The lowest BCUT2D eigenvalue weighted by atomic mass is 10.2. The number of carbonyl (C=O) groups is 1. The maximum absolute atomic E-state index is 11.7. The Kier molecular flexibility index (Phi) is 10.4. The summed E-state index contributed by atoms with van der Waals surface area (Å²) in [7, 11) is 1.71. The van der Waals surface area contributed by atoms with Crippen LogP contribution in [0.3, 0.4) is 0 Å². The second-order valence-electron chi connectivity index (χ2n) is 4.21. The van der Waals surface area contributed by atoms with E-state index in [0.29, 0.717) is 25.4 Å². The largest absolute Gasteiger partial charge is 0.459 e. The van der Waals surface area contributed by atoms with Gasteiger partial charge >= 0.3 is 0 Å². The number of aliphatic imine (C=N–C) groups is 1. The third kappa shape index (κ3) is 7.16. The minimum absolute atomic E-state index is 0. The molecule has 118 valence electrons. The molecule has 0 radical (unpaired) electrons. The van der Waals surface area contributed by atoms with Gasteiger partial charge in [0.1, 0.15) is 0 Å². The number of nitrogens with one attached hydrogen (secondary N) is 3. The summed E-state index contributed by atoms with van der Waals surface area (Å²) in [6.07, 6.45) is 4.07. The summed E-state index contributed by atoms with van der Waals surface area (Å²) in [6, 6.07) is 1.77. The van der Waals surface area contributed by atoms with E-state index in [1.165, 1.54) is 6.26 Å². The number of aryl methyl sites for hydroxylation is 1. The zero-order valence-corrected chi connectivity index (χ0v) is 14.8. The molecule has 1 heterocycles. The van der Waals surface area contributed by atoms with Gasteiger partial charge in [0.2, 0.25) is 0 Å². The van der Waals surface area contributed by atoms with Crippen molar-refractivity contribution in [3.63, 3.8) is 0 Å².